The smallest absolute Gasteiger partial charge is 0.263 e. The Kier molecular flexibility index (Phi) is 5.08. The number of likely N-dealkylation sites (N-methyl/N-ethyl adjacent to an activating group) is 1. The van der Waals surface area contributed by atoms with E-state index in [9.17, 15) is 4.79 Å². The number of nitrogens with zero attached hydrogens (tertiary/aromatic N) is 2. The van der Waals surface area contributed by atoms with Crippen molar-refractivity contribution in [3.8, 4) is 5.75 Å². The number of aryl methyl sites for hydroxylation is 2. The highest BCUT2D eigenvalue weighted by Crippen LogP contribution is 2.23. The molecular formula is C16H19ClN2O3. The Labute approximate surface area is 134 Å². The number of amides is 1. The van der Waals surface area contributed by atoms with Gasteiger partial charge in [-0.05, 0) is 44.5 Å². The summed E-state index contributed by atoms with van der Waals surface area (Å²) >= 11 is 5.91. The fraction of sp³-hybridized carbons (Fsp3) is 0.375. The molecule has 6 heteroatoms. The summed E-state index contributed by atoms with van der Waals surface area (Å²) in [5.41, 5.74) is 1.60. The molecule has 5 nitrogen and oxygen atoms in total. The molecule has 0 spiro atoms. The number of aromatic nitrogens is 1. The van der Waals surface area contributed by atoms with Crippen molar-refractivity contribution < 1.29 is 14.1 Å². The first-order chi connectivity index (χ1) is 10.4. The zero-order chi connectivity index (χ0) is 16.3. The number of ether oxygens (including phenoxy) is 1. The van der Waals surface area contributed by atoms with Gasteiger partial charge >= 0.3 is 0 Å². The largest absolute Gasteiger partial charge is 0.481 e. The molecule has 118 valence electrons. The zero-order valence-electron chi connectivity index (χ0n) is 13.1. The van der Waals surface area contributed by atoms with Crippen molar-refractivity contribution in [2.24, 2.45) is 0 Å². The van der Waals surface area contributed by atoms with Crippen molar-refractivity contribution in [1.29, 1.82) is 0 Å². The van der Waals surface area contributed by atoms with E-state index in [0.717, 1.165) is 11.3 Å². The van der Waals surface area contributed by atoms with E-state index in [2.05, 4.69) is 5.16 Å². The van der Waals surface area contributed by atoms with Crippen molar-refractivity contribution in [2.75, 3.05) is 7.05 Å². The van der Waals surface area contributed by atoms with Gasteiger partial charge in [-0.15, -0.1) is 0 Å². The molecule has 0 saturated heterocycles. The second-order valence-corrected chi connectivity index (χ2v) is 5.73. The number of carbonyl (C=O) groups is 1. The Morgan fingerprint density at radius 3 is 2.73 bits per heavy atom. The van der Waals surface area contributed by atoms with Crippen LogP contribution in [-0.2, 0) is 11.3 Å². The number of benzene rings is 1. The van der Waals surface area contributed by atoms with Crippen molar-refractivity contribution in [3.63, 3.8) is 0 Å². The van der Waals surface area contributed by atoms with Gasteiger partial charge in [-0.25, -0.2) is 0 Å². The van der Waals surface area contributed by atoms with Crippen LogP contribution in [0.15, 0.2) is 28.8 Å². The van der Waals surface area contributed by atoms with Gasteiger partial charge in [-0.1, -0.05) is 16.8 Å². The van der Waals surface area contributed by atoms with Gasteiger partial charge in [0.2, 0.25) is 0 Å². The molecule has 0 bridgehead atoms. The second kappa shape index (κ2) is 6.83. The van der Waals surface area contributed by atoms with Gasteiger partial charge in [0.15, 0.2) is 6.10 Å². The standard InChI is InChI=1S/C16H19ClN2O3/c1-10-7-13(17)5-6-15(10)21-12(3)16(20)19(4)9-14-8-11(2)22-18-14/h5-8,12H,9H2,1-4H3. The molecule has 1 amide bonds. The molecule has 0 aliphatic rings. The first kappa shape index (κ1) is 16.4. The van der Waals surface area contributed by atoms with E-state index in [4.69, 9.17) is 20.9 Å². The molecule has 1 atom stereocenters. The van der Waals surface area contributed by atoms with Crippen LogP contribution < -0.4 is 4.74 Å². The normalized spacial score (nSPS) is 12.0. The molecule has 1 heterocycles. The molecule has 0 saturated carbocycles. The maximum Gasteiger partial charge on any atom is 0.263 e. The molecule has 0 fully saturated rings. The Balaban J connectivity index is 1.98. The van der Waals surface area contributed by atoms with E-state index in [1.807, 2.05) is 13.8 Å². The maximum atomic E-state index is 12.4. The van der Waals surface area contributed by atoms with Crippen molar-refractivity contribution >= 4 is 17.5 Å². The molecule has 22 heavy (non-hydrogen) atoms. The summed E-state index contributed by atoms with van der Waals surface area (Å²) < 4.78 is 10.7. The Hall–Kier alpha value is -2.01. The van der Waals surface area contributed by atoms with Gasteiger partial charge in [-0.2, -0.15) is 0 Å². The summed E-state index contributed by atoms with van der Waals surface area (Å²) in [4.78, 5) is 13.9. The summed E-state index contributed by atoms with van der Waals surface area (Å²) in [6.45, 7) is 5.80. The van der Waals surface area contributed by atoms with E-state index in [1.54, 1.807) is 43.1 Å². The van der Waals surface area contributed by atoms with E-state index in [0.29, 0.717) is 23.0 Å². The molecule has 0 aliphatic heterocycles. The Bertz CT molecular complexity index is 669. The number of hydrogen-bond acceptors (Lipinski definition) is 4. The number of hydrogen-bond donors (Lipinski definition) is 0. The molecular weight excluding hydrogens is 304 g/mol. The quantitative estimate of drug-likeness (QED) is 0.847. The van der Waals surface area contributed by atoms with Crippen LogP contribution in [0.4, 0.5) is 0 Å². The molecule has 0 radical (unpaired) electrons. The third-order valence-corrected chi connectivity index (χ3v) is 3.48. The van der Waals surface area contributed by atoms with Gasteiger partial charge in [0.1, 0.15) is 17.2 Å². The minimum absolute atomic E-state index is 0.130. The van der Waals surface area contributed by atoms with E-state index in [-0.39, 0.29) is 5.91 Å². The monoisotopic (exact) mass is 322 g/mol. The fourth-order valence-corrected chi connectivity index (χ4v) is 2.34. The van der Waals surface area contributed by atoms with E-state index in [1.165, 1.54) is 0 Å². The van der Waals surface area contributed by atoms with Crippen molar-refractivity contribution in [2.45, 2.75) is 33.4 Å². The predicted molar refractivity (Wildman–Crippen MR) is 84.0 cm³/mol. The zero-order valence-corrected chi connectivity index (χ0v) is 13.8. The van der Waals surface area contributed by atoms with Crippen LogP contribution in [0.25, 0.3) is 0 Å². The molecule has 1 aromatic carbocycles. The predicted octanol–water partition coefficient (Wildman–Crippen LogP) is 3.37. The number of carbonyl (C=O) groups excluding carboxylic acids is 1. The van der Waals surface area contributed by atoms with E-state index < -0.39 is 6.10 Å². The first-order valence-electron chi connectivity index (χ1n) is 6.97. The Morgan fingerprint density at radius 2 is 2.14 bits per heavy atom. The number of rotatable bonds is 5. The lowest BCUT2D eigenvalue weighted by molar-refractivity contribution is -0.137. The first-order valence-corrected chi connectivity index (χ1v) is 7.34. The minimum Gasteiger partial charge on any atom is -0.481 e. The summed E-state index contributed by atoms with van der Waals surface area (Å²) in [6.07, 6.45) is -0.599. The minimum atomic E-state index is -0.599. The molecule has 2 aromatic rings. The summed E-state index contributed by atoms with van der Waals surface area (Å²) in [5.74, 6) is 1.24. The van der Waals surface area contributed by atoms with Crippen molar-refractivity contribution in [3.05, 3.63) is 46.3 Å². The van der Waals surface area contributed by atoms with Crippen LogP contribution in [0.2, 0.25) is 5.02 Å². The highest BCUT2D eigenvalue weighted by molar-refractivity contribution is 6.30. The van der Waals surface area contributed by atoms with Gasteiger partial charge in [0.05, 0.1) is 6.54 Å². The second-order valence-electron chi connectivity index (χ2n) is 5.29. The van der Waals surface area contributed by atoms with Gasteiger partial charge in [-0.3, -0.25) is 4.79 Å². The van der Waals surface area contributed by atoms with E-state index >= 15 is 0 Å². The molecule has 2 rings (SSSR count). The molecule has 0 aliphatic carbocycles. The molecule has 0 N–H and O–H groups in total. The van der Waals surface area contributed by atoms with Crippen LogP contribution in [0.3, 0.4) is 0 Å². The lowest BCUT2D eigenvalue weighted by Crippen LogP contribution is -2.37. The van der Waals surface area contributed by atoms with Crippen LogP contribution >= 0.6 is 11.6 Å². The fourth-order valence-electron chi connectivity index (χ4n) is 2.11. The van der Waals surface area contributed by atoms with Gasteiger partial charge < -0.3 is 14.2 Å². The topological polar surface area (TPSA) is 55.6 Å². The Morgan fingerprint density at radius 1 is 1.41 bits per heavy atom. The average molecular weight is 323 g/mol. The average Bonchev–Trinajstić information content (AvgIpc) is 2.86. The van der Waals surface area contributed by atoms with Gasteiger partial charge in [0, 0.05) is 18.1 Å². The summed E-state index contributed by atoms with van der Waals surface area (Å²) in [6, 6.07) is 7.11. The SMILES string of the molecule is Cc1cc(CN(C)C(=O)C(C)Oc2ccc(Cl)cc2C)no1. The number of halogens is 1. The van der Waals surface area contributed by atoms with Crippen LogP contribution in [0.5, 0.6) is 5.75 Å². The van der Waals surface area contributed by atoms with Crippen LogP contribution in [0.1, 0.15) is 23.9 Å². The molecule has 1 aromatic heterocycles. The molecule has 1 unspecified atom stereocenters. The highest BCUT2D eigenvalue weighted by Gasteiger charge is 2.21. The summed E-state index contributed by atoms with van der Waals surface area (Å²) in [5, 5.41) is 4.52. The third kappa shape index (κ3) is 4.01. The maximum absolute atomic E-state index is 12.4. The lowest BCUT2D eigenvalue weighted by Gasteiger charge is -2.22. The van der Waals surface area contributed by atoms with Crippen molar-refractivity contribution in [1.82, 2.24) is 10.1 Å². The van der Waals surface area contributed by atoms with Crippen LogP contribution in [-0.4, -0.2) is 29.1 Å². The van der Waals surface area contributed by atoms with Gasteiger partial charge in [0.25, 0.3) is 5.91 Å². The summed E-state index contributed by atoms with van der Waals surface area (Å²) in [7, 11) is 1.71. The van der Waals surface area contributed by atoms with Crippen LogP contribution in [0, 0.1) is 13.8 Å². The highest BCUT2D eigenvalue weighted by atomic mass is 35.5. The lowest BCUT2D eigenvalue weighted by atomic mass is 10.2. The third-order valence-electron chi connectivity index (χ3n) is 3.24.